The van der Waals surface area contributed by atoms with Gasteiger partial charge in [0.2, 0.25) is 0 Å². The van der Waals surface area contributed by atoms with E-state index >= 15 is 0 Å². The van der Waals surface area contributed by atoms with Gasteiger partial charge in [0, 0.05) is 31.5 Å². The predicted octanol–water partition coefficient (Wildman–Crippen LogP) is 1.86. The van der Waals surface area contributed by atoms with E-state index in [0.29, 0.717) is 6.10 Å². The number of rotatable bonds is 2. The minimum Gasteiger partial charge on any atom is -0.376 e. The number of pyridine rings is 1. The molecule has 1 aliphatic rings. The summed E-state index contributed by atoms with van der Waals surface area (Å²) in [6, 6.07) is 6.21. The van der Waals surface area contributed by atoms with Gasteiger partial charge in [0.25, 0.3) is 0 Å². The van der Waals surface area contributed by atoms with E-state index < -0.39 is 0 Å². The molecule has 0 spiro atoms. The topological polar surface area (TPSA) is 29.8 Å². The maximum absolute atomic E-state index is 5.56. The molecule has 4 nitrogen and oxygen atoms in total. The van der Waals surface area contributed by atoms with Gasteiger partial charge < -0.3 is 9.14 Å². The van der Waals surface area contributed by atoms with Crippen LogP contribution in [0.1, 0.15) is 18.3 Å². The average Bonchev–Trinajstić information content (AvgIpc) is 2.73. The maximum Gasteiger partial charge on any atom is 0.137 e. The van der Waals surface area contributed by atoms with Crippen LogP contribution in [-0.4, -0.2) is 40.1 Å². The molecule has 96 valence electrons. The smallest absolute Gasteiger partial charge is 0.137 e. The van der Waals surface area contributed by atoms with Crippen molar-refractivity contribution in [2.24, 2.45) is 0 Å². The van der Waals surface area contributed by atoms with Gasteiger partial charge in [-0.15, -0.1) is 0 Å². The highest BCUT2D eigenvalue weighted by Crippen LogP contribution is 2.12. The molecule has 2 aromatic heterocycles. The van der Waals surface area contributed by atoms with Crippen molar-refractivity contribution in [2.45, 2.75) is 26.5 Å². The SMILES string of the molecule is Cc1cccc2nc(CN3CCOC(C)C3)cn12. The maximum atomic E-state index is 5.56. The Hall–Kier alpha value is -1.39. The fraction of sp³-hybridized carbons (Fsp3) is 0.500. The number of fused-ring (bicyclic) bond motifs is 1. The van der Waals surface area contributed by atoms with Crippen LogP contribution in [0.15, 0.2) is 24.4 Å². The molecular formula is C14H19N3O. The summed E-state index contributed by atoms with van der Waals surface area (Å²) in [4.78, 5) is 7.08. The number of aryl methyl sites for hydroxylation is 1. The number of imidazole rings is 1. The Morgan fingerprint density at radius 1 is 1.44 bits per heavy atom. The van der Waals surface area contributed by atoms with Gasteiger partial charge in [-0.2, -0.15) is 0 Å². The molecule has 2 aromatic rings. The van der Waals surface area contributed by atoms with Gasteiger partial charge in [-0.25, -0.2) is 4.98 Å². The predicted molar refractivity (Wildman–Crippen MR) is 70.6 cm³/mol. The molecule has 0 aliphatic carbocycles. The molecule has 1 unspecified atom stereocenters. The first-order valence-electron chi connectivity index (χ1n) is 6.50. The van der Waals surface area contributed by atoms with Crippen LogP contribution in [0.25, 0.3) is 5.65 Å². The third-order valence-electron chi connectivity index (χ3n) is 3.46. The van der Waals surface area contributed by atoms with Crippen LogP contribution < -0.4 is 0 Å². The molecule has 1 aliphatic heterocycles. The highest BCUT2D eigenvalue weighted by Gasteiger charge is 2.17. The Balaban J connectivity index is 1.80. The van der Waals surface area contributed by atoms with E-state index in [-0.39, 0.29) is 0 Å². The second-order valence-corrected chi connectivity index (χ2v) is 5.04. The van der Waals surface area contributed by atoms with Crippen LogP contribution in [0.3, 0.4) is 0 Å². The van der Waals surface area contributed by atoms with Gasteiger partial charge in [0.15, 0.2) is 0 Å². The van der Waals surface area contributed by atoms with Crippen molar-refractivity contribution in [2.75, 3.05) is 19.7 Å². The molecule has 0 amide bonds. The molecule has 4 heteroatoms. The lowest BCUT2D eigenvalue weighted by Crippen LogP contribution is -2.40. The summed E-state index contributed by atoms with van der Waals surface area (Å²) >= 11 is 0. The number of ether oxygens (including phenoxy) is 1. The van der Waals surface area contributed by atoms with Crippen LogP contribution in [-0.2, 0) is 11.3 Å². The van der Waals surface area contributed by atoms with Crippen LogP contribution in [0.2, 0.25) is 0 Å². The number of hydrogen-bond acceptors (Lipinski definition) is 3. The van der Waals surface area contributed by atoms with Crippen molar-refractivity contribution in [3.05, 3.63) is 35.8 Å². The first kappa shape index (κ1) is 11.7. The zero-order valence-electron chi connectivity index (χ0n) is 11.0. The number of aromatic nitrogens is 2. The van der Waals surface area contributed by atoms with Crippen molar-refractivity contribution in [1.82, 2.24) is 14.3 Å². The Morgan fingerprint density at radius 3 is 3.11 bits per heavy atom. The molecule has 0 aromatic carbocycles. The molecule has 0 radical (unpaired) electrons. The Labute approximate surface area is 107 Å². The van der Waals surface area contributed by atoms with Crippen LogP contribution in [0.5, 0.6) is 0 Å². The molecule has 18 heavy (non-hydrogen) atoms. The largest absolute Gasteiger partial charge is 0.376 e. The number of morpholine rings is 1. The molecular weight excluding hydrogens is 226 g/mol. The second kappa shape index (κ2) is 4.71. The van der Waals surface area contributed by atoms with E-state index in [9.17, 15) is 0 Å². The van der Waals surface area contributed by atoms with Gasteiger partial charge in [0.1, 0.15) is 5.65 Å². The standard InChI is InChI=1S/C14H19N3O/c1-11-4-3-5-14-15-13(10-17(11)14)9-16-6-7-18-12(2)8-16/h3-5,10,12H,6-9H2,1-2H3. The van der Waals surface area contributed by atoms with Crippen molar-refractivity contribution in [1.29, 1.82) is 0 Å². The van der Waals surface area contributed by atoms with E-state index in [0.717, 1.165) is 37.6 Å². The summed E-state index contributed by atoms with van der Waals surface area (Å²) in [5.74, 6) is 0. The summed E-state index contributed by atoms with van der Waals surface area (Å²) in [7, 11) is 0. The highest BCUT2D eigenvalue weighted by atomic mass is 16.5. The first-order chi connectivity index (χ1) is 8.72. The molecule has 3 heterocycles. The molecule has 0 bridgehead atoms. The van der Waals surface area contributed by atoms with E-state index in [1.54, 1.807) is 0 Å². The van der Waals surface area contributed by atoms with Crippen LogP contribution in [0, 0.1) is 6.92 Å². The lowest BCUT2D eigenvalue weighted by Gasteiger charge is -2.30. The molecule has 1 fully saturated rings. The zero-order chi connectivity index (χ0) is 12.5. The summed E-state index contributed by atoms with van der Waals surface area (Å²) in [6.07, 6.45) is 2.47. The third kappa shape index (κ3) is 2.26. The first-order valence-corrected chi connectivity index (χ1v) is 6.50. The van der Waals surface area contributed by atoms with Gasteiger partial charge in [-0.1, -0.05) is 6.07 Å². The van der Waals surface area contributed by atoms with Gasteiger partial charge in [-0.05, 0) is 26.0 Å². The van der Waals surface area contributed by atoms with E-state index in [1.165, 1.54) is 5.69 Å². The van der Waals surface area contributed by atoms with Crippen molar-refractivity contribution < 1.29 is 4.74 Å². The Kier molecular flexibility index (Phi) is 3.06. The monoisotopic (exact) mass is 245 g/mol. The van der Waals surface area contributed by atoms with Crippen LogP contribution in [0.4, 0.5) is 0 Å². The average molecular weight is 245 g/mol. The third-order valence-corrected chi connectivity index (χ3v) is 3.46. The lowest BCUT2D eigenvalue weighted by molar-refractivity contribution is -0.0215. The number of nitrogens with zero attached hydrogens (tertiary/aromatic N) is 3. The second-order valence-electron chi connectivity index (χ2n) is 5.04. The minimum atomic E-state index is 0.331. The van der Waals surface area contributed by atoms with Gasteiger partial charge >= 0.3 is 0 Å². The van der Waals surface area contributed by atoms with Gasteiger partial charge in [-0.3, -0.25) is 4.90 Å². The van der Waals surface area contributed by atoms with Crippen molar-refractivity contribution >= 4 is 5.65 Å². The quantitative estimate of drug-likeness (QED) is 0.809. The number of hydrogen-bond donors (Lipinski definition) is 0. The van der Waals surface area contributed by atoms with E-state index in [4.69, 9.17) is 4.74 Å². The van der Waals surface area contributed by atoms with Crippen LogP contribution >= 0.6 is 0 Å². The molecule has 1 atom stereocenters. The van der Waals surface area contributed by atoms with Crippen molar-refractivity contribution in [3.63, 3.8) is 0 Å². The lowest BCUT2D eigenvalue weighted by atomic mass is 10.3. The Bertz CT molecular complexity index is 549. The molecule has 0 N–H and O–H groups in total. The fourth-order valence-corrected chi connectivity index (χ4v) is 2.54. The summed E-state index contributed by atoms with van der Waals surface area (Å²) in [5, 5.41) is 0. The van der Waals surface area contributed by atoms with E-state index in [1.807, 2.05) is 0 Å². The summed E-state index contributed by atoms with van der Waals surface area (Å²) < 4.78 is 7.71. The zero-order valence-corrected chi connectivity index (χ0v) is 11.0. The molecule has 0 saturated carbocycles. The fourth-order valence-electron chi connectivity index (χ4n) is 2.54. The Morgan fingerprint density at radius 2 is 2.33 bits per heavy atom. The molecule has 1 saturated heterocycles. The van der Waals surface area contributed by atoms with E-state index in [2.05, 4.69) is 52.5 Å². The summed E-state index contributed by atoms with van der Waals surface area (Å²) in [6.45, 7) is 7.96. The summed E-state index contributed by atoms with van der Waals surface area (Å²) in [5.41, 5.74) is 3.39. The normalized spacial score (nSPS) is 21.6. The van der Waals surface area contributed by atoms with Crippen molar-refractivity contribution in [3.8, 4) is 0 Å². The van der Waals surface area contributed by atoms with Gasteiger partial charge in [0.05, 0.1) is 18.4 Å². The minimum absolute atomic E-state index is 0.331. The highest BCUT2D eigenvalue weighted by molar-refractivity contribution is 5.41. The molecule has 3 rings (SSSR count).